The number of nitrogens with zero attached hydrogens (tertiary/aromatic N) is 4. The minimum atomic E-state index is 0.754. The van der Waals surface area contributed by atoms with Crippen LogP contribution in [0.3, 0.4) is 0 Å². The van der Waals surface area contributed by atoms with Crippen LogP contribution in [0.15, 0.2) is 79.0 Å². The molecule has 188 valence electrons. The third-order valence-electron chi connectivity index (χ3n) is 7.64. The number of pyridine rings is 1. The number of rotatable bonds is 6. The van der Waals surface area contributed by atoms with E-state index < -0.39 is 0 Å². The molecule has 0 aliphatic carbocycles. The highest BCUT2D eigenvalue weighted by atomic mass is 15.1. The molecule has 1 fully saturated rings. The Morgan fingerprint density at radius 1 is 0.842 bits per heavy atom. The molecule has 2 N–H and O–H groups in total. The fraction of sp³-hybridized carbons (Fsp3) is 0.219. The summed E-state index contributed by atoms with van der Waals surface area (Å²) in [6.45, 7) is 5.67. The number of imidazole rings is 1. The molecule has 3 aromatic heterocycles. The van der Waals surface area contributed by atoms with E-state index in [0.29, 0.717) is 0 Å². The number of aromatic nitrogens is 5. The van der Waals surface area contributed by atoms with E-state index in [1.54, 1.807) is 0 Å². The number of likely N-dealkylation sites (tertiary alicyclic amines) is 1. The van der Waals surface area contributed by atoms with Crippen LogP contribution in [0.2, 0.25) is 0 Å². The van der Waals surface area contributed by atoms with Gasteiger partial charge < -0.3 is 4.98 Å². The van der Waals surface area contributed by atoms with Crippen molar-refractivity contribution in [3.05, 3.63) is 90.1 Å². The first kappa shape index (κ1) is 22.9. The van der Waals surface area contributed by atoms with Gasteiger partial charge in [-0.25, -0.2) is 4.98 Å². The predicted octanol–water partition coefficient (Wildman–Crippen LogP) is 6.99. The second-order valence-corrected chi connectivity index (χ2v) is 10.2. The molecule has 3 aromatic carbocycles. The number of benzene rings is 3. The lowest BCUT2D eigenvalue weighted by atomic mass is 9.97. The minimum Gasteiger partial charge on any atom is -0.337 e. The van der Waals surface area contributed by atoms with E-state index in [4.69, 9.17) is 4.98 Å². The van der Waals surface area contributed by atoms with Gasteiger partial charge in [-0.2, -0.15) is 5.10 Å². The molecule has 0 amide bonds. The summed E-state index contributed by atoms with van der Waals surface area (Å²) in [6, 6.07) is 25.7. The Morgan fingerprint density at radius 2 is 1.74 bits per heavy atom. The van der Waals surface area contributed by atoms with Crippen LogP contribution < -0.4 is 0 Å². The molecule has 0 saturated carbocycles. The van der Waals surface area contributed by atoms with Gasteiger partial charge in [0.05, 0.1) is 22.2 Å². The molecular formula is C32H30N6. The number of H-pyrrole nitrogens is 2. The van der Waals surface area contributed by atoms with Crippen LogP contribution in [0.5, 0.6) is 0 Å². The molecule has 6 nitrogen and oxygen atoms in total. The van der Waals surface area contributed by atoms with Crippen LogP contribution in [0.25, 0.3) is 55.8 Å². The maximum atomic E-state index is 5.00. The van der Waals surface area contributed by atoms with Gasteiger partial charge in [0.15, 0.2) is 5.82 Å². The minimum absolute atomic E-state index is 0.754. The summed E-state index contributed by atoms with van der Waals surface area (Å²) in [7, 11) is 0. The third-order valence-corrected chi connectivity index (χ3v) is 7.64. The Morgan fingerprint density at radius 3 is 2.58 bits per heavy atom. The monoisotopic (exact) mass is 498 g/mol. The molecule has 6 heteroatoms. The summed E-state index contributed by atoms with van der Waals surface area (Å²) in [4.78, 5) is 15.6. The summed E-state index contributed by atoms with van der Waals surface area (Å²) >= 11 is 0. The van der Waals surface area contributed by atoms with E-state index in [2.05, 4.69) is 80.5 Å². The lowest BCUT2D eigenvalue weighted by Crippen LogP contribution is -2.18. The van der Waals surface area contributed by atoms with E-state index in [1.165, 1.54) is 48.2 Å². The van der Waals surface area contributed by atoms with E-state index in [9.17, 15) is 0 Å². The van der Waals surface area contributed by atoms with E-state index in [-0.39, 0.29) is 0 Å². The van der Waals surface area contributed by atoms with Gasteiger partial charge in [0, 0.05) is 23.7 Å². The summed E-state index contributed by atoms with van der Waals surface area (Å²) < 4.78 is 0. The first-order valence-electron chi connectivity index (χ1n) is 13.5. The molecular weight excluding hydrogens is 468 g/mol. The van der Waals surface area contributed by atoms with Crippen molar-refractivity contribution in [2.24, 2.45) is 0 Å². The standard InChI is InChI=1S/C32H30N6/c1-2-21-16-22(20-38-14-5-6-15-38)18-24(17-21)23-11-12-28-26(19-23)31(37-36-28)32-34-29-10-7-8-25(30(29)35-32)27-9-3-4-13-33-27/h3-4,7-13,16-19H,2,5-6,14-15,20H2,1H3,(H,34,35)(H,36,37). The molecule has 38 heavy (non-hydrogen) atoms. The Hall–Kier alpha value is -4.29. The van der Waals surface area contributed by atoms with E-state index >= 15 is 0 Å². The Balaban J connectivity index is 1.30. The highest BCUT2D eigenvalue weighted by Crippen LogP contribution is 2.33. The molecule has 1 aliphatic heterocycles. The number of hydrogen-bond donors (Lipinski definition) is 2. The van der Waals surface area contributed by atoms with Gasteiger partial charge in [-0.15, -0.1) is 0 Å². The zero-order chi connectivity index (χ0) is 25.5. The molecule has 6 aromatic rings. The highest BCUT2D eigenvalue weighted by molar-refractivity contribution is 5.98. The molecule has 0 atom stereocenters. The van der Waals surface area contributed by atoms with Crippen molar-refractivity contribution in [3.63, 3.8) is 0 Å². The molecule has 0 unspecified atom stereocenters. The lowest BCUT2D eigenvalue weighted by molar-refractivity contribution is 0.331. The SMILES string of the molecule is CCc1cc(CN2CCCC2)cc(-c2ccc3[nH]nc(-c4nc5c(-c6ccccn6)cccc5[nH]4)c3c2)c1. The highest BCUT2D eigenvalue weighted by Gasteiger charge is 2.17. The van der Waals surface area contributed by atoms with E-state index in [1.807, 2.05) is 30.5 Å². The van der Waals surface area contributed by atoms with Crippen molar-refractivity contribution in [2.75, 3.05) is 13.1 Å². The van der Waals surface area contributed by atoms with Gasteiger partial charge in [-0.05, 0) is 91.0 Å². The van der Waals surface area contributed by atoms with Crippen molar-refractivity contribution >= 4 is 21.9 Å². The summed E-state index contributed by atoms with van der Waals surface area (Å²) in [5.74, 6) is 0.754. The summed E-state index contributed by atoms with van der Waals surface area (Å²) in [5, 5.41) is 8.95. The van der Waals surface area contributed by atoms with Crippen molar-refractivity contribution in [3.8, 4) is 33.9 Å². The second kappa shape index (κ2) is 9.54. The van der Waals surface area contributed by atoms with Crippen molar-refractivity contribution in [1.29, 1.82) is 0 Å². The second-order valence-electron chi connectivity index (χ2n) is 10.2. The third kappa shape index (κ3) is 4.17. The fourth-order valence-corrected chi connectivity index (χ4v) is 5.67. The number of hydrogen-bond acceptors (Lipinski definition) is 4. The first-order chi connectivity index (χ1) is 18.7. The van der Waals surface area contributed by atoms with Gasteiger partial charge in [0.1, 0.15) is 5.69 Å². The maximum Gasteiger partial charge on any atom is 0.159 e. The van der Waals surface area contributed by atoms with Crippen LogP contribution in [-0.4, -0.2) is 43.1 Å². The maximum absolute atomic E-state index is 5.00. The number of aromatic amines is 2. The van der Waals surface area contributed by atoms with Crippen molar-refractivity contribution in [2.45, 2.75) is 32.7 Å². The Kier molecular flexibility index (Phi) is 5.74. The largest absolute Gasteiger partial charge is 0.337 e. The zero-order valence-corrected chi connectivity index (χ0v) is 21.5. The molecule has 1 saturated heterocycles. The number of nitrogens with one attached hydrogen (secondary N) is 2. The van der Waals surface area contributed by atoms with Crippen molar-refractivity contribution in [1.82, 2.24) is 30.0 Å². The quantitative estimate of drug-likeness (QED) is 0.259. The van der Waals surface area contributed by atoms with Gasteiger partial charge in [0.25, 0.3) is 0 Å². The molecule has 0 spiro atoms. The normalized spacial score (nSPS) is 14.1. The van der Waals surface area contributed by atoms with Crippen LogP contribution in [0, 0.1) is 0 Å². The summed E-state index contributed by atoms with van der Waals surface area (Å²) in [5.41, 5.74) is 10.8. The van der Waals surface area contributed by atoms with Gasteiger partial charge in [0.2, 0.25) is 0 Å². The fourth-order valence-electron chi connectivity index (χ4n) is 5.67. The molecule has 0 bridgehead atoms. The smallest absolute Gasteiger partial charge is 0.159 e. The molecule has 0 radical (unpaired) electrons. The first-order valence-corrected chi connectivity index (χ1v) is 13.5. The molecule has 1 aliphatic rings. The Labute approximate surface area is 221 Å². The zero-order valence-electron chi connectivity index (χ0n) is 21.5. The van der Waals surface area contributed by atoms with Gasteiger partial charge >= 0.3 is 0 Å². The van der Waals surface area contributed by atoms with Crippen LogP contribution in [0.1, 0.15) is 30.9 Å². The van der Waals surface area contributed by atoms with Crippen LogP contribution in [0.4, 0.5) is 0 Å². The predicted molar refractivity (Wildman–Crippen MR) is 154 cm³/mol. The Bertz CT molecular complexity index is 1740. The van der Waals surface area contributed by atoms with Crippen molar-refractivity contribution < 1.29 is 0 Å². The van der Waals surface area contributed by atoms with E-state index in [0.717, 1.165) is 57.7 Å². The average Bonchev–Trinajstić information content (AvgIpc) is 3.72. The van der Waals surface area contributed by atoms with Gasteiger partial charge in [-0.1, -0.05) is 43.3 Å². The molecule has 4 heterocycles. The lowest BCUT2D eigenvalue weighted by Gasteiger charge is -2.16. The number of para-hydroxylation sites is 1. The topological polar surface area (TPSA) is 73.5 Å². The van der Waals surface area contributed by atoms with Gasteiger partial charge in [-0.3, -0.25) is 15.0 Å². The molecule has 7 rings (SSSR count). The van der Waals surface area contributed by atoms with Crippen LogP contribution in [-0.2, 0) is 13.0 Å². The number of aryl methyl sites for hydroxylation is 1. The number of fused-ring (bicyclic) bond motifs is 2. The average molecular weight is 499 g/mol. The summed E-state index contributed by atoms with van der Waals surface area (Å²) in [6.07, 6.45) is 5.46. The van der Waals surface area contributed by atoms with Crippen LogP contribution >= 0.6 is 0 Å².